The lowest BCUT2D eigenvalue weighted by Gasteiger charge is -2.13. The molecule has 0 aromatic heterocycles. The average molecular weight is 459 g/mol. The van der Waals surface area contributed by atoms with Gasteiger partial charge in [0.05, 0.1) is 33.5 Å². The largest absolute Gasteiger partial charge is 0.493 e. The van der Waals surface area contributed by atoms with E-state index >= 15 is 0 Å². The molecule has 0 bridgehead atoms. The molecule has 0 aliphatic carbocycles. The van der Waals surface area contributed by atoms with E-state index in [1.54, 1.807) is 12.1 Å². The highest BCUT2D eigenvalue weighted by molar-refractivity contribution is 6.32. The summed E-state index contributed by atoms with van der Waals surface area (Å²) in [5.41, 5.74) is 1.04. The Kier molecular flexibility index (Phi) is 8.75. The van der Waals surface area contributed by atoms with Crippen molar-refractivity contribution in [1.82, 2.24) is 0 Å². The molecule has 10 heteroatoms. The third-order valence-corrected chi connectivity index (χ3v) is 4.26. The fourth-order valence-electron chi connectivity index (χ4n) is 2.62. The Hall–Kier alpha value is -3.20. The summed E-state index contributed by atoms with van der Waals surface area (Å²) in [4.78, 5) is 12.1. The van der Waals surface area contributed by atoms with Crippen LogP contribution in [-0.2, 0) is 16.1 Å². The summed E-state index contributed by atoms with van der Waals surface area (Å²) < 4.78 is 55.3. The molecule has 0 amide bonds. The molecule has 0 N–H and O–H groups in total. The van der Waals surface area contributed by atoms with Crippen molar-refractivity contribution in [2.24, 2.45) is 0 Å². The van der Waals surface area contributed by atoms with Crippen LogP contribution >= 0.6 is 11.6 Å². The monoisotopic (exact) mass is 458 g/mol. The Balaban J connectivity index is 2.10. The quantitative estimate of drug-likeness (QED) is 0.376. The van der Waals surface area contributed by atoms with Crippen molar-refractivity contribution in [2.45, 2.75) is 13.2 Å². The van der Waals surface area contributed by atoms with Gasteiger partial charge in [0, 0.05) is 6.08 Å². The first-order chi connectivity index (χ1) is 14.8. The lowest BCUT2D eigenvalue weighted by molar-refractivity contribution is -0.138. The van der Waals surface area contributed by atoms with Gasteiger partial charge in [-0.15, -0.1) is 0 Å². The number of benzene rings is 2. The van der Waals surface area contributed by atoms with Crippen LogP contribution < -0.4 is 23.7 Å². The van der Waals surface area contributed by atoms with E-state index in [1.165, 1.54) is 52.7 Å². The molecule has 0 radical (unpaired) electrons. The smallest absolute Gasteiger partial charge is 0.387 e. The van der Waals surface area contributed by atoms with Crippen LogP contribution in [0.15, 0.2) is 30.3 Å². The van der Waals surface area contributed by atoms with E-state index in [4.69, 9.17) is 35.3 Å². The van der Waals surface area contributed by atoms with Gasteiger partial charge in [-0.05, 0) is 41.5 Å². The van der Waals surface area contributed by atoms with Crippen LogP contribution in [0, 0.1) is 0 Å². The van der Waals surface area contributed by atoms with Gasteiger partial charge in [0.2, 0.25) is 5.75 Å². The zero-order chi connectivity index (χ0) is 23.0. The predicted molar refractivity (Wildman–Crippen MR) is 110 cm³/mol. The standard InChI is InChI=1S/C21H21ClF2O7/c1-26-15-10-13(7-14(22)19(15)31-21(23)24)11-30-18(25)6-5-12-8-16(27-2)20(29-4)17(9-12)28-3/h5-10,21H,11H2,1-4H3. The number of carbonyl (C=O) groups is 1. The van der Waals surface area contributed by atoms with Crippen molar-refractivity contribution in [3.05, 3.63) is 46.5 Å². The van der Waals surface area contributed by atoms with E-state index in [9.17, 15) is 13.6 Å². The zero-order valence-corrected chi connectivity index (χ0v) is 18.0. The van der Waals surface area contributed by atoms with Crippen molar-refractivity contribution in [1.29, 1.82) is 0 Å². The number of rotatable bonds is 10. The molecular formula is C21H21ClF2O7. The van der Waals surface area contributed by atoms with Crippen LogP contribution in [0.2, 0.25) is 5.02 Å². The molecule has 0 fully saturated rings. The van der Waals surface area contributed by atoms with Crippen LogP contribution in [0.1, 0.15) is 11.1 Å². The van der Waals surface area contributed by atoms with Crippen molar-refractivity contribution >= 4 is 23.6 Å². The van der Waals surface area contributed by atoms with Gasteiger partial charge in [0.25, 0.3) is 0 Å². The van der Waals surface area contributed by atoms with Gasteiger partial charge in [-0.1, -0.05) is 11.6 Å². The first kappa shape index (κ1) is 24.1. The van der Waals surface area contributed by atoms with Crippen LogP contribution in [0.5, 0.6) is 28.7 Å². The predicted octanol–water partition coefficient (Wildman–Crippen LogP) is 4.73. The molecule has 0 saturated heterocycles. The van der Waals surface area contributed by atoms with Gasteiger partial charge in [-0.2, -0.15) is 8.78 Å². The minimum atomic E-state index is -3.06. The molecule has 0 saturated carbocycles. The van der Waals surface area contributed by atoms with Crippen molar-refractivity contribution in [3.63, 3.8) is 0 Å². The highest BCUT2D eigenvalue weighted by Gasteiger charge is 2.17. The molecule has 0 heterocycles. The normalized spacial score (nSPS) is 10.8. The summed E-state index contributed by atoms with van der Waals surface area (Å²) >= 11 is 5.97. The Morgan fingerprint density at radius 2 is 1.52 bits per heavy atom. The Labute approximate surface area is 183 Å². The van der Waals surface area contributed by atoms with Crippen molar-refractivity contribution < 1.29 is 42.0 Å². The second-order valence-electron chi connectivity index (χ2n) is 5.89. The van der Waals surface area contributed by atoms with Crippen molar-refractivity contribution in [2.75, 3.05) is 28.4 Å². The van der Waals surface area contributed by atoms with E-state index in [2.05, 4.69) is 4.74 Å². The molecule has 0 aliphatic heterocycles. The highest BCUT2D eigenvalue weighted by atomic mass is 35.5. The molecule has 0 atom stereocenters. The maximum atomic E-state index is 12.5. The number of halogens is 3. The van der Waals surface area contributed by atoms with E-state index in [0.717, 1.165) is 0 Å². The lowest BCUT2D eigenvalue weighted by Crippen LogP contribution is -2.06. The Bertz CT molecular complexity index is 923. The molecule has 0 spiro atoms. The fraction of sp³-hybridized carbons (Fsp3) is 0.286. The van der Waals surface area contributed by atoms with Crippen LogP contribution in [0.4, 0.5) is 8.78 Å². The molecule has 0 aliphatic rings. The number of alkyl halides is 2. The number of carbonyl (C=O) groups excluding carboxylic acids is 1. The summed E-state index contributed by atoms with van der Waals surface area (Å²) in [7, 11) is 5.73. The molecule has 168 valence electrons. The third-order valence-electron chi connectivity index (χ3n) is 3.98. The minimum absolute atomic E-state index is 0.00758. The molecule has 2 rings (SSSR count). The maximum absolute atomic E-state index is 12.5. The first-order valence-corrected chi connectivity index (χ1v) is 9.16. The van der Waals surface area contributed by atoms with E-state index in [0.29, 0.717) is 28.4 Å². The number of methoxy groups -OCH3 is 4. The van der Waals surface area contributed by atoms with Crippen LogP contribution in [0.3, 0.4) is 0 Å². The van der Waals surface area contributed by atoms with Gasteiger partial charge in [0.15, 0.2) is 23.0 Å². The molecular weight excluding hydrogens is 438 g/mol. The fourth-order valence-corrected chi connectivity index (χ4v) is 2.90. The van der Waals surface area contributed by atoms with Crippen LogP contribution in [0.25, 0.3) is 6.08 Å². The summed E-state index contributed by atoms with van der Waals surface area (Å²) in [5.74, 6) is 0.348. The van der Waals surface area contributed by atoms with E-state index in [-0.39, 0.29) is 23.1 Å². The Morgan fingerprint density at radius 3 is 2.03 bits per heavy atom. The number of hydrogen-bond donors (Lipinski definition) is 0. The summed E-state index contributed by atoms with van der Waals surface area (Å²) in [6.45, 7) is -3.22. The summed E-state index contributed by atoms with van der Waals surface area (Å²) in [5, 5.41) is -0.0985. The van der Waals surface area contributed by atoms with Crippen LogP contribution in [-0.4, -0.2) is 41.0 Å². The molecule has 31 heavy (non-hydrogen) atoms. The maximum Gasteiger partial charge on any atom is 0.387 e. The average Bonchev–Trinajstić information content (AvgIpc) is 2.76. The number of hydrogen-bond acceptors (Lipinski definition) is 7. The lowest BCUT2D eigenvalue weighted by atomic mass is 10.1. The Morgan fingerprint density at radius 1 is 0.935 bits per heavy atom. The number of ether oxygens (including phenoxy) is 6. The van der Waals surface area contributed by atoms with Gasteiger partial charge in [-0.25, -0.2) is 4.79 Å². The van der Waals surface area contributed by atoms with Gasteiger partial charge in [0.1, 0.15) is 6.61 Å². The van der Waals surface area contributed by atoms with Gasteiger partial charge < -0.3 is 28.4 Å². The molecule has 0 unspecified atom stereocenters. The van der Waals surface area contributed by atoms with E-state index in [1.807, 2.05) is 0 Å². The SMILES string of the molecule is COc1cc(COC(=O)C=Cc2cc(OC)c(OC)c(OC)c2)cc(Cl)c1OC(F)F. The van der Waals surface area contributed by atoms with Gasteiger partial charge in [-0.3, -0.25) is 0 Å². The van der Waals surface area contributed by atoms with Gasteiger partial charge >= 0.3 is 12.6 Å². The van der Waals surface area contributed by atoms with Crippen molar-refractivity contribution in [3.8, 4) is 28.7 Å². The highest BCUT2D eigenvalue weighted by Crippen LogP contribution is 2.39. The zero-order valence-electron chi connectivity index (χ0n) is 17.2. The number of esters is 1. The first-order valence-electron chi connectivity index (χ1n) is 8.79. The second kappa shape index (κ2) is 11.3. The van der Waals surface area contributed by atoms with E-state index < -0.39 is 12.6 Å². The topological polar surface area (TPSA) is 72.5 Å². The summed E-state index contributed by atoms with van der Waals surface area (Å²) in [6, 6.07) is 6.06. The minimum Gasteiger partial charge on any atom is -0.493 e. The third kappa shape index (κ3) is 6.39. The molecule has 2 aromatic rings. The summed E-state index contributed by atoms with van der Waals surface area (Å²) in [6.07, 6.45) is 2.73. The molecule has 2 aromatic carbocycles. The molecule has 7 nitrogen and oxygen atoms in total. The second-order valence-corrected chi connectivity index (χ2v) is 6.29.